The van der Waals surface area contributed by atoms with Crippen LogP contribution in [0.3, 0.4) is 0 Å². The molecular formula is C18H18N4O4S. The molecule has 9 heteroatoms. The van der Waals surface area contributed by atoms with Gasteiger partial charge in [-0.2, -0.15) is 5.10 Å². The Morgan fingerprint density at radius 2 is 1.93 bits per heavy atom. The molecular weight excluding hydrogens is 368 g/mol. The number of nitrogens with zero attached hydrogens (tertiary/aromatic N) is 2. The highest BCUT2D eigenvalue weighted by Gasteiger charge is 2.30. The lowest BCUT2D eigenvalue weighted by molar-refractivity contribution is -0.121. The van der Waals surface area contributed by atoms with E-state index in [0.717, 1.165) is 0 Å². The van der Waals surface area contributed by atoms with Crippen molar-refractivity contribution >= 4 is 27.4 Å². The monoisotopic (exact) mass is 386 g/mol. The normalized spacial score (nSPS) is 15.4. The van der Waals surface area contributed by atoms with Gasteiger partial charge >= 0.3 is 0 Å². The molecule has 1 aromatic heterocycles. The first-order valence-electron chi connectivity index (χ1n) is 8.31. The molecule has 0 saturated carbocycles. The Labute approximate surface area is 156 Å². The molecule has 2 aromatic rings. The number of hydrazone groups is 1. The SMILES string of the molecule is O=C1CCC(C(=O)NCC(c2cccnc2)S(=O)(=O)c2ccccc2)=NN1. The number of pyridine rings is 1. The summed E-state index contributed by atoms with van der Waals surface area (Å²) >= 11 is 0. The molecule has 0 bridgehead atoms. The zero-order chi connectivity index (χ0) is 19.3. The Morgan fingerprint density at radius 1 is 1.15 bits per heavy atom. The van der Waals surface area contributed by atoms with E-state index in [1.165, 1.54) is 18.3 Å². The van der Waals surface area contributed by atoms with Gasteiger partial charge in [-0.25, -0.2) is 13.8 Å². The third kappa shape index (κ3) is 4.37. The molecule has 27 heavy (non-hydrogen) atoms. The fourth-order valence-corrected chi connectivity index (χ4v) is 4.34. The van der Waals surface area contributed by atoms with Crippen molar-refractivity contribution in [2.75, 3.05) is 6.54 Å². The van der Waals surface area contributed by atoms with Crippen molar-refractivity contribution in [2.45, 2.75) is 23.0 Å². The van der Waals surface area contributed by atoms with Gasteiger partial charge in [-0.15, -0.1) is 0 Å². The predicted molar refractivity (Wildman–Crippen MR) is 98.4 cm³/mol. The molecule has 8 nitrogen and oxygen atoms in total. The summed E-state index contributed by atoms with van der Waals surface area (Å²) in [5.41, 5.74) is 2.88. The van der Waals surface area contributed by atoms with Gasteiger partial charge in [-0.3, -0.25) is 14.6 Å². The molecule has 0 radical (unpaired) electrons. The van der Waals surface area contributed by atoms with Crippen LogP contribution in [0.2, 0.25) is 0 Å². The van der Waals surface area contributed by atoms with Gasteiger partial charge in [0.05, 0.1) is 4.90 Å². The minimum atomic E-state index is -3.75. The van der Waals surface area contributed by atoms with Crippen LogP contribution in [0.5, 0.6) is 0 Å². The highest BCUT2D eigenvalue weighted by molar-refractivity contribution is 7.91. The molecule has 2 heterocycles. The fourth-order valence-electron chi connectivity index (χ4n) is 2.67. The van der Waals surface area contributed by atoms with E-state index in [4.69, 9.17) is 0 Å². The quantitative estimate of drug-likeness (QED) is 0.767. The predicted octanol–water partition coefficient (Wildman–Crippen LogP) is 0.979. The molecule has 1 aromatic carbocycles. The highest BCUT2D eigenvalue weighted by atomic mass is 32.2. The number of hydrogen-bond donors (Lipinski definition) is 2. The van der Waals surface area contributed by atoms with Gasteiger partial charge < -0.3 is 5.32 Å². The average Bonchev–Trinajstić information content (AvgIpc) is 2.70. The highest BCUT2D eigenvalue weighted by Crippen LogP contribution is 2.27. The second-order valence-corrected chi connectivity index (χ2v) is 8.07. The molecule has 2 amide bonds. The van der Waals surface area contributed by atoms with Gasteiger partial charge in [-0.1, -0.05) is 24.3 Å². The number of hydrogen-bond acceptors (Lipinski definition) is 6. The second kappa shape index (κ2) is 8.09. The van der Waals surface area contributed by atoms with Crippen molar-refractivity contribution in [1.29, 1.82) is 0 Å². The van der Waals surface area contributed by atoms with E-state index in [1.807, 2.05) is 0 Å². The van der Waals surface area contributed by atoms with Crippen LogP contribution in [0, 0.1) is 0 Å². The van der Waals surface area contributed by atoms with Gasteiger partial charge in [-0.05, 0) is 23.8 Å². The smallest absolute Gasteiger partial charge is 0.267 e. The second-order valence-electron chi connectivity index (χ2n) is 5.94. The number of nitrogens with one attached hydrogen (secondary N) is 2. The molecule has 3 rings (SSSR count). The van der Waals surface area contributed by atoms with Crippen LogP contribution in [-0.4, -0.2) is 37.5 Å². The van der Waals surface area contributed by atoms with Gasteiger partial charge in [0.2, 0.25) is 5.91 Å². The van der Waals surface area contributed by atoms with E-state index < -0.39 is 21.0 Å². The zero-order valence-electron chi connectivity index (χ0n) is 14.3. The largest absolute Gasteiger partial charge is 0.349 e. The molecule has 1 unspecified atom stereocenters. The maximum atomic E-state index is 13.1. The van der Waals surface area contributed by atoms with E-state index in [2.05, 4.69) is 20.8 Å². The van der Waals surface area contributed by atoms with Crippen LogP contribution in [-0.2, 0) is 19.4 Å². The standard InChI is InChI=1S/C18H18N4O4S/c23-17-9-8-15(21-22-17)18(24)20-12-16(13-5-4-10-19-11-13)27(25,26)14-6-2-1-3-7-14/h1-7,10-11,16H,8-9,12H2,(H,20,24)(H,22,23). The van der Waals surface area contributed by atoms with Crippen molar-refractivity contribution in [3.63, 3.8) is 0 Å². The van der Waals surface area contributed by atoms with Crippen LogP contribution in [0.4, 0.5) is 0 Å². The van der Waals surface area contributed by atoms with Crippen LogP contribution in [0.1, 0.15) is 23.7 Å². The summed E-state index contributed by atoms with van der Waals surface area (Å²) < 4.78 is 26.2. The average molecular weight is 386 g/mol. The Morgan fingerprint density at radius 3 is 2.56 bits per heavy atom. The van der Waals surface area contributed by atoms with Crippen LogP contribution < -0.4 is 10.7 Å². The molecule has 2 N–H and O–H groups in total. The van der Waals surface area contributed by atoms with Crippen LogP contribution in [0.15, 0.2) is 64.9 Å². The van der Waals surface area contributed by atoms with Crippen molar-refractivity contribution < 1.29 is 18.0 Å². The number of amides is 2. The Balaban J connectivity index is 1.84. The van der Waals surface area contributed by atoms with E-state index >= 15 is 0 Å². The van der Waals surface area contributed by atoms with Crippen molar-refractivity contribution in [3.8, 4) is 0 Å². The summed E-state index contributed by atoms with van der Waals surface area (Å²) in [6.07, 6.45) is 3.39. The number of carbonyl (C=O) groups is 2. The minimum absolute atomic E-state index is 0.144. The molecule has 0 fully saturated rings. The van der Waals surface area contributed by atoms with E-state index in [9.17, 15) is 18.0 Å². The maximum absolute atomic E-state index is 13.1. The summed E-state index contributed by atoms with van der Waals surface area (Å²) in [6.45, 7) is -0.144. The first kappa shape index (κ1) is 18.7. The zero-order valence-corrected chi connectivity index (χ0v) is 15.1. The van der Waals surface area contributed by atoms with Crippen molar-refractivity contribution in [3.05, 3.63) is 60.4 Å². The van der Waals surface area contributed by atoms with Crippen LogP contribution >= 0.6 is 0 Å². The molecule has 1 aliphatic rings. The summed E-state index contributed by atoms with van der Waals surface area (Å²) in [7, 11) is -3.75. The van der Waals surface area contributed by atoms with E-state index in [0.29, 0.717) is 5.56 Å². The number of sulfone groups is 1. The lowest BCUT2D eigenvalue weighted by atomic mass is 10.1. The molecule has 1 aliphatic heterocycles. The summed E-state index contributed by atoms with van der Waals surface area (Å²) in [6, 6.07) is 11.3. The number of carbonyl (C=O) groups excluding carboxylic acids is 2. The topological polar surface area (TPSA) is 118 Å². The maximum Gasteiger partial charge on any atom is 0.267 e. The Kier molecular flexibility index (Phi) is 5.60. The third-order valence-electron chi connectivity index (χ3n) is 4.12. The Hall–Kier alpha value is -3.07. The number of rotatable bonds is 6. The van der Waals surface area contributed by atoms with E-state index in [1.54, 1.807) is 36.5 Å². The van der Waals surface area contributed by atoms with Crippen molar-refractivity contribution in [1.82, 2.24) is 15.7 Å². The minimum Gasteiger partial charge on any atom is -0.349 e. The molecule has 0 spiro atoms. The molecule has 0 saturated heterocycles. The summed E-state index contributed by atoms with van der Waals surface area (Å²) in [5.74, 6) is -0.765. The summed E-state index contributed by atoms with van der Waals surface area (Å²) in [4.78, 5) is 27.6. The Bertz CT molecular complexity index is 959. The molecule has 1 atom stereocenters. The molecule has 140 valence electrons. The first-order chi connectivity index (χ1) is 13.0. The van der Waals surface area contributed by atoms with E-state index in [-0.39, 0.29) is 35.9 Å². The van der Waals surface area contributed by atoms with Crippen molar-refractivity contribution in [2.24, 2.45) is 5.10 Å². The lowest BCUT2D eigenvalue weighted by Crippen LogP contribution is -2.39. The first-order valence-corrected chi connectivity index (χ1v) is 9.85. The van der Waals surface area contributed by atoms with Crippen LogP contribution in [0.25, 0.3) is 0 Å². The van der Waals surface area contributed by atoms with Gasteiger partial charge in [0.25, 0.3) is 5.91 Å². The fraction of sp³-hybridized carbons (Fsp3) is 0.222. The third-order valence-corrected chi connectivity index (χ3v) is 6.23. The van der Waals surface area contributed by atoms with Gasteiger partial charge in [0, 0.05) is 31.8 Å². The van der Waals surface area contributed by atoms with Gasteiger partial charge in [0.1, 0.15) is 11.0 Å². The van der Waals surface area contributed by atoms with Gasteiger partial charge in [0.15, 0.2) is 9.84 Å². The summed E-state index contributed by atoms with van der Waals surface area (Å²) in [5, 5.41) is 5.34. The number of benzene rings is 1. The lowest BCUT2D eigenvalue weighted by Gasteiger charge is -2.19. The number of aromatic nitrogens is 1. The molecule has 0 aliphatic carbocycles.